The Morgan fingerprint density at radius 3 is 1.00 bits per heavy atom. The van der Waals surface area contributed by atoms with Crippen LogP contribution in [0.4, 0.5) is 0 Å². The van der Waals surface area contributed by atoms with Crippen LogP contribution in [0.5, 0.6) is 0 Å². The molecule has 0 aromatic rings. The van der Waals surface area contributed by atoms with Crippen molar-refractivity contribution in [2.75, 3.05) is 0 Å². The zero-order valence-electron chi connectivity index (χ0n) is 4.51. The van der Waals surface area contributed by atoms with E-state index in [1.807, 2.05) is 0 Å². The molecule has 0 heterocycles. The molecule has 0 aliphatic rings. The van der Waals surface area contributed by atoms with Gasteiger partial charge >= 0.3 is 58.2 Å². The molecule has 0 unspecified atom stereocenters. The van der Waals surface area contributed by atoms with Gasteiger partial charge in [-0.2, -0.15) is 0 Å². The maximum atomic E-state index is 4.99. The third-order valence-electron chi connectivity index (χ3n) is 0.143. The van der Waals surface area contributed by atoms with Crippen LogP contribution in [0.25, 0.3) is 0 Å². The molecule has 0 atom stereocenters. The predicted molar refractivity (Wildman–Crippen MR) is 31.6 cm³/mol. The fourth-order valence-electron chi connectivity index (χ4n) is 0. The van der Waals surface area contributed by atoms with Crippen LogP contribution in [0.3, 0.4) is 0 Å². The van der Waals surface area contributed by atoms with E-state index in [-0.39, 0.29) is 68.6 Å². The first-order valence-corrected chi connectivity index (χ1v) is 2.52. The summed E-state index contributed by atoms with van der Waals surface area (Å²) in [6.07, 6.45) is 0. The minimum atomic E-state index is -0.0988. The summed E-state index contributed by atoms with van der Waals surface area (Å²) < 4.78 is -0.198. The van der Waals surface area contributed by atoms with Crippen molar-refractivity contribution in [1.29, 1.82) is 0 Å². The molecule has 0 amide bonds. The van der Waals surface area contributed by atoms with E-state index in [2.05, 4.69) is 0 Å². The summed E-state index contributed by atoms with van der Waals surface area (Å²) in [5.74, 6) is 0. The second-order valence-electron chi connectivity index (χ2n) is 0.521. The number of rotatable bonds is 0. The molecular weight excluding hydrogens is 251 g/mol. The Balaban J connectivity index is -0.000000125. The second kappa shape index (κ2) is 6.82. The van der Waals surface area contributed by atoms with Crippen molar-refractivity contribution in [3.63, 3.8) is 0 Å². The maximum Gasteiger partial charge on any atom is 1.00 e. The van der Waals surface area contributed by atoms with Crippen molar-refractivity contribution >= 4 is 46.4 Å². The molecular formula is C2HCl4Rb. The first kappa shape index (κ1) is 12.4. The molecule has 0 spiro atoms. The van der Waals surface area contributed by atoms with Crippen molar-refractivity contribution < 1.29 is 59.6 Å². The predicted octanol–water partition coefficient (Wildman–Crippen LogP) is 0.185. The number of halogens is 4. The Kier molecular flexibility index (Phi) is 12.1. The zero-order chi connectivity index (χ0) is 5.15. The average molecular weight is 252 g/mol. The SMILES string of the molecule is ClC(Cl)=C(Cl)Cl.[H-].[Rb+]. The van der Waals surface area contributed by atoms with Crippen LogP contribution < -0.4 is 58.2 Å². The zero-order valence-corrected chi connectivity index (χ0v) is 11.5. The van der Waals surface area contributed by atoms with Crippen LogP contribution in [0.1, 0.15) is 1.43 Å². The van der Waals surface area contributed by atoms with E-state index in [4.69, 9.17) is 46.4 Å². The Morgan fingerprint density at radius 1 is 0.857 bits per heavy atom. The van der Waals surface area contributed by atoms with Gasteiger partial charge in [0.2, 0.25) is 0 Å². The van der Waals surface area contributed by atoms with Gasteiger partial charge in [-0.15, -0.1) is 0 Å². The quantitative estimate of drug-likeness (QED) is 0.577. The van der Waals surface area contributed by atoms with Gasteiger partial charge in [-0.05, 0) is 0 Å². The molecule has 38 valence electrons. The molecule has 0 radical (unpaired) electrons. The first-order valence-electron chi connectivity index (χ1n) is 1.01. The van der Waals surface area contributed by atoms with Gasteiger partial charge in [-0.1, -0.05) is 46.4 Å². The Morgan fingerprint density at radius 2 is 1.00 bits per heavy atom. The summed E-state index contributed by atoms with van der Waals surface area (Å²) in [5, 5.41) is 0. The van der Waals surface area contributed by atoms with E-state index in [0.717, 1.165) is 0 Å². The van der Waals surface area contributed by atoms with Crippen LogP contribution in [0.15, 0.2) is 8.98 Å². The van der Waals surface area contributed by atoms with Gasteiger partial charge < -0.3 is 1.43 Å². The topological polar surface area (TPSA) is 0 Å². The monoisotopic (exact) mass is 250 g/mol. The van der Waals surface area contributed by atoms with E-state index in [1.54, 1.807) is 0 Å². The smallest absolute Gasteiger partial charge is 1.00 e. The summed E-state index contributed by atoms with van der Waals surface area (Å²) in [7, 11) is 0. The Labute approximate surface area is 112 Å². The van der Waals surface area contributed by atoms with Gasteiger partial charge in [-0.25, -0.2) is 0 Å². The minimum absolute atomic E-state index is 0. The normalized spacial score (nSPS) is 6.86. The molecule has 0 N–H and O–H groups in total. The number of hydrogen-bond acceptors (Lipinski definition) is 0. The molecule has 0 aromatic heterocycles. The van der Waals surface area contributed by atoms with Gasteiger partial charge in [0.15, 0.2) is 0 Å². The van der Waals surface area contributed by atoms with Crippen LogP contribution in [0.2, 0.25) is 0 Å². The van der Waals surface area contributed by atoms with Crippen LogP contribution in [0, 0.1) is 0 Å². The van der Waals surface area contributed by atoms with Crippen molar-refractivity contribution in [2.24, 2.45) is 0 Å². The molecule has 0 fully saturated rings. The Hall–Kier alpha value is 2.71. The molecule has 7 heavy (non-hydrogen) atoms. The van der Waals surface area contributed by atoms with E-state index < -0.39 is 0 Å². The third kappa shape index (κ3) is 8.71. The molecule has 5 heteroatoms. The van der Waals surface area contributed by atoms with E-state index in [0.29, 0.717) is 0 Å². The van der Waals surface area contributed by atoms with Crippen molar-refractivity contribution in [1.82, 2.24) is 0 Å². The molecule has 0 aromatic carbocycles. The number of hydrogen-bond donors (Lipinski definition) is 0. The molecule has 0 saturated carbocycles. The fourth-order valence-corrected chi connectivity index (χ4v) is 0. The standard InChI is InChI=1S/C2Cl4.Rb.H/c3-1(4)2(5)6;;/q;+1;-1. The van der Waals surface area contributed by atoms with Gasteiger partial charge in [0.05, 0.1) is 0 Å². The van der Waals surface area contributed by atoms with Gasteiger partial charge in [0, 0.05) is 0 Å². The van der Waals surface area contributed by atoms with Crippen LogP contribution in [-0.2, 0) is 0 Å². The summed E-state index contributed by atoms with van der Waals surface area (Å²) >= 11 is 20.0. The molecule has 0 nitrogen and oxygen atoms in total. The molecule has 0 aliphatic carbocycles. The van der Waals surface area contributed by atoms with Gasteiger partial charge in [0.25, 0.3) is 0 Å². The molecule has 0 aliphatic heterocycles. The fraction of sp³-hybridized carbons (Fsp3) is 0. The largest absolute Gasteiger partial charge is 1.00 e. The average Bonchev–Trinajstić information content (AvgIpc) is 1.36. The summed E-state index contributed by atoms with van der Waals surface area (Å²) in [6.45, 7) is 0. The van der Waals surface area contributed by atoms with E-state index in [9.17, 15) is 0 Å². The summed E-state index contributed by atoms with van der Waals surface area (Å²) in [4.78, 5) is 0. The van der Waals surface area contributed by atoms with Crippen molar-refractivity contribution in [3.8, 4) is 0 Å². The van der Waals surface area contributed by atoms with Crippen molar-refractivity contribution in [3.05, 3.63) is 8.98 Å². The second-order valence-corrected chi connectivity index (χ2v) is 2.42. The van der Waals surface area contributed by atoms with Gasteiger partial charge in [0.1, 0.15) is 8.98 Å². The maximum absolute atomic E-state index is 4.99. The first-order chi connectivity index (χ1) is 2.64. The summed E-state index contributed by atoms with van der Waals surface area (Å²) in [6, 6.07) is 0. The molecule has 0 bridgehead atoms. The van der Waals surface area contributed by atoms with Gasteiger partial charge in [-0.3, -0.25) is 0 Å². The molecule has 0 saturated heterocycles. The Bertz CT molecular complexity index is 64.1. The van der Waals surface area contributed by atoms with Crippen LogP contribution >= 0.6 is 46.4 Å². The summed E-state index contributed by atoms with van der Waals surface area (Å²) in [5.41, 5.74) is 0. The molecule has 0 rings (SSSR count). The minimum Gasteiger partial charge on any atom is -1.00 e. The third-order valence-corrected chi connectivity index (χ3v) is 1.29. The van der Waals surface area contributed by atoms with Crippen molar-refractivity contribution in [2.45, 2.75) is 0 Å². The van der Waals surface area contributed by atoms with E-state index in [1.165, 1.54) is 0 Å². The van der Waals surface area contributed by atoms with E-state index >= 15 is 0 Å². The van der Waals surface area contributed by atoms with Crippen LogP contribution in [-0.4, -0.2) is 0 Å².